The van der Waals surface area contributed by atoms with Crippen LogP contribution in [0.5, 0.6) is 0 Å². The van der Waals surface area contributed by atoms with Crippen LogP contribution < -0.4 is 10.6 Å². The Morgan fingerprint density at radius 3 is 2.50 bits per heavy atom. The van der Waals surface area contributed by atoms with Crippen molar-refractivity contribution in [3.63, 3.8) is 0 Å². The molecule has 1 aliphatic heterocycles. The molecule has 2 amide bonds. The number of rotatable bonds is 7. The number of benzene rings is 1. The average molecular weight is 474 g/mol. The molecule has 2 rings (SSSR count). The van der Waals surface area contributed by atoms with E-state index in [4.69, 9.17) is 20.9 Å². The molecule has 1 aromatic carbocycles. The second-order valence-electron chi connectivity index (χ2n) is 8.45. The fourth-order valence-corrected chi connectivity index (χ4v) is 3.35. The Bertz CT molecular complexity index is 720. The third kappa shape index (κ3) is 6.47. The normalized spacial score (nSPS) is 15.9. The van der Waals surface area contributed by atoms with E-state index in [1.54, 1.807) is 18.2 Å². The number of amides is 2. The van der Waals surface area contributed by atoms with Crippen LogP contribution in [0.15, 0.2) is 22.7 Å². The number of carbonyl (C=O) groups is 2. The fraction of sp³-hybridized carbons (Fsp3) is 0.579. The van der Waals surface area contributed by atoms with E-state index in [1.807, 2.05) is 20.8 Å². The van der Waals surface area contributed by atoms with Crippen LogP contribution in [0.25, 0.3) is 0 Å². The number of nitrogens with one attached hydrogen (secondary N) is 2. The van der Waals surface area contributed by atoms with Crippen molar-refractivity contribution in [1.29, 1.82) is 0 Å². The minimum atomic E-state index is -0.481. The first-order valence-electron chi connectivity index (χ1n) is 9.31. The summed E-state index contributed by atoms with van der Waals surface area (Å²) in [6.07, 6.45) is 0.418. The molecule has 6 nitrogen and oxygen atoms in total. The minimum absolute atomic E-state index is 0.125. The Labute approximate surface area is 180 Å². The Hall–Kier alpha value is -1.09. The lowest BCUT2D eigenvalue weighted by molar-refractivity contribution is -0.177. The molecule has 28 heavy (non-hydrogen) atoms. The lowest BCUT2D eigenvalue weighted by Crippen LogP contribution is -2.62. The van der Waals surface area contributed by atoms with Crippen molar-refractivity contribution in [1.82, 2.24) is 10.6 Å². The first kappa shape index (κ1) is 23.2. The van der Waals surface area contributed by atoms with Gasteiger partial charge in [0, 0.05) is 9.89 Å². The predicted molar refractivity (Wildman–Crippen MR) is 114 cm³/mol. The van der Waals surface area contributed by atoms with E-state index >= 15 is 0 Å². The molecule has 0 aromatic heterocycles. The number of halogens is 2. The second-order valence-corrected chi connectivity index (χ2v) is 9.77. The monoisotopic (exact) mass is 472 g/mol. The molecule has 1 aliphatic rings. The quantitative estimate of drug-likeness (QED) is 0.591. The van der Waals surface area contributed by atoms with Crippen molar-refractivity contribution in [3.05, 3.63) is 33.3 Å². The average Bonchev–Trinajstić information content (AvgIpc) is 2.51. The van der Waals surface area contributed by atoms with Gasteiger partial charge in [0.1, 0.15) is 6.29 Å². The number of hydrogen-bond donors (Lipinski definition) is 2. The molecule has 1 aromatic rings. The molecule has 1 atom stereocenters. The predicted octanol–water partition coefficient (Wildman–Crippen LogP) is 3.81. The van der Waals surface area contributed by atoms with Crippen LogP contribution in [0.2, 0.25) is 5.02 Å². The van der Waals surface area contributed by atoms with Crippen molar-refractivity contribution in [2.75, 3.05) is 6.54 Å². The van der Waals surface area contributed by atoms with E-state index < -0.39 is 13.0 Å². The van der Waals surface area contributed by atoms with Crippen LogP contribution in [0, 0.1) is 11.3 Å². The van der Waals surface area contributed by atoms with Crippen LogP contribution in [0.4, 0.5) is 0 Å². The highest BCUT2D eigenvalue weighted by atomic mass is 79.9. The van der Waals surface area contributed by atoms with Crippen LogP contribution in [0.1, 0.15) is 51.4 Å². The van der Waals surface area contributed by atoms with Crippen LogP contribution in [-0.4, -0.2) is 37.7 Å². The van der Waals surface area contributed by atoms with Gasteiger partial charge < -0.3 is 19.9 Å². The summed E-state index contributed by atoms with van der Waals surface area (Å²) in [5.74, 6) is -0.652. The molecule has 0 radical (unpaired) electrons. The lowest BCUT2D eigenvalue weighted by atomic mass is 9.70. The number of hydrogen-bond acceptors (Lipinski definition) is 4. The van der Waals surface area contributed by atoms with E-state index in [0.29, 0.717) is 22.9 Å². The summed E-state index contributed by atoms with van der Waals surface area (Å²) in [4.78, 5) is 24.7. The molecule has 0 aliphatic carbocycles. The maximum atomic E-state index is 12.4. The van der Waals surface area contributed by atoms with Gasteiger partial charge >= 0.3 is 7.12 Å². The maximum absolute atomic E-state index is 12.4. The van der Waals surface area contributed by atoms with Crippen molar-refractivity contribution in [3.8, 4) is 0 Å². The standard InChI is InChI=1S/C19H27BBrClN2O4/c1-11(2)8-15(20-27-18(28-20)19(3,4)5)24-16(25)10-23-17(26)13-9-12(21)6-7-14(13)22/h6-7,9,11,15,18H,8,10H2,1-5H3,(H,23,26)(H,24,25)/t15-/m0/s1. The van der Waals surface area contributed by atoms with Gasteiger partial charge in [0.15, 0.2) is 0 Å². The summed E-state index contributed by atoms with van der Waals surface area (Å²) in [5, 5.41) is 5.83. The molecule has 0 unspecified atom stereocenters. The Balaban J connectivity index is 1.89. The van der Waals surface area contributed by atoms with Gasteiger partial charge in [-0.15, -0.1) is 0 Å². The molecule has 0 bridgehead atoms. The molecular weight excluding hydrogens is 446 g/mol. The molecule has 2 N–H and O–H groups in total. The first-order valence-corrected chi connectivity index (χ1v) is 10.5. The fourth-order valence-electron chi connectivity index (χ4n) is 2.78. The first-order chi connectivity index (χ1) is 13.0. The van der Waals surface area contributed by atoms with E-state index in [9.17, 15) is 9.59 Å². The van der Waals surface area contributed by atoms with E-state index in [-0.39, 0.29) is 30.1 Å². The third-order valence-electron chi connectivity index (χ3n) is 4.21. The number of carbonyl (C=O) groups excluding carboxylic acids is 2. The summed E-state index contributed by atoms with van der Waals surface area (Å²) < 4.78 is 12.4. The second kappa shape index (κ2) is 9.61. The molecule has 0 spiro atoms. The lowest BCUT2D eigenvalue weighted by Gasteiger charge is -2.45. The van der Waals surface area contributed by atoms with Gasteiger partial charge in [0.05, 0.1) is 23.1 Å². The highest BCUT2D eigenvalue weighted by Gasteiger charge is 2.48. The van der Waals surface area contributed by atoms with Gasteiger partial charge in [-0.3, -0.25) is 9.59 Å². The zero-order valence-corrected chi connectivity index (χ0v) is 19.2. The van der Waals surface area contributed by atoms with E-state index in [0.717, 1.165) is 4.47 Å². The Morgan fingerprint density at radius 2 is 1.93 bits per heavy atom. The summed E-state index contributed by atoms with van der Waals surface area (Å²) >= 11 is 9.35. The van der Waals surface area contributed by atoms with E-state index in [1.165, 1.54) is 0 Å². The third-order valence-corrected chi connectivity index (χ3v) is 5.03. The minimum Gasteiger partial charge on any atom is -0.384 e. The highest BCUT2D eigenvalue weighted by Crippen LogP contribution is 2.32. The van der Waals surface area contributed by atoms with Gasteiger partial charge in [-0.05, 0) is 30.5 Å². The van der Waals surface area contributed by atoms with Crippen LogP contribution >= 0.6 is 27.5 Å². The summed E-state index contributed by atoms with van der Waals surface area (Å²) in [6.45, 7) is 10.1. The van der Waals surface area contributed by atoms with Gasteiger partial charge in [-0.1, -0.05) is 62.1 Å². The van der Waals surface area contributed by atoms with Crippen molar-refractivity contribution in [2.24, 2.45) is 11.3 Å². The zero-order valence-electron chi connectivity index (χ0n) is 16.8. The Kier molecular flexibility index (Phi) is 7.96. The SMILES string of the molecule is CC(C)C[C@H](NC(=O)CNC(=O)c1cc(Br)ccc1Cl)B1OC(C(C)(C)C)O1. The molecule has 154 valence electrons. The van der Waals surface area contributed by atoms with Crippen molar-refractivity contribution < 1.29 is 18.9 Å². The molecule has 1 saturated heterocycles. The van der Waals surface area contributed by atoms with E-state index in [2.05, 4.69) is 40.4 Å². The van der Waals surface area contributed by atoms with Crippen LogP contribution in [0.3, 0.4) is 0 Å². The summed E-state index contributed by atoms with van der Waals surface area (Å²) in [5.41, 5.74) is 0.182. The summed E-state index contributed by atoms with van der Waals surface area (Å²) in [6, 6.07) is 4.97. The van der Waals surface area contributed by atoms with Crippen molar-refractivity contribution >= 4 is 46.5 Å². The summed E-state index contributed by atoms with van der Waals surface area (Å²) in [7, 11) is -0.481. The van der Waals surface area contributed by atoms with Crippen molar-refractivity contribution in [2.45, 2.75) is 53.3 Å². The molecular formula is C19H27BBrClN2O4. The smallest absolute Gasteiger partial charge is 0.384 e. The highest BCUT2D eigenvalue weighted by molar-refractivity contribution is 9.10. The maximum Gasteiger partial charge on any atom is 0.484 e. The molecule has 1 fully saturated rings. The topological polar surface area (TPSA) is 76.7 Å². The van der Waals surface area contributed by atoms with Gasteiger partial charge in [0.25, 0.3) is 5.91 Å². The molecule has 0 saturated carbocycles. The van der Waals surface area contributed by atoms with Gasteiger partial charge in [-0.25, -0.2) is 0 Å². The van der Waals surface area contributed by atoms with Gasteiger partial charge in [0.2, 0.25) is 5.91 Å². The molecule has 9 heteroatoms. The van der Waals surface area contributed by atoms with Crippen LogP contribution in [-0.2, 0) is 14.1 Å². The molecule has 1 heterocycles. The van der Waals surface area contributed by atoms with Gasteiger partial charge in [-0.2, -0.15) is 0 Å². The largest absolute Gasteiger partial charge is 0.484 e. The zero-order chi connectivity index (χ0) is 21.1. The Morgan fingerprint density at radius 1 is 1.29 bits per heavy atom.